The Morgan fingerprint density at radius 3 is 2.29 bits per heavy atom. The quantitative estimate of drug-likeness (QED) is 0.916. The number of para-hydroxylation sites is 1. The smallest absolute Gasteiger partial charge is 0.165 e. The van der Waals surface area contributed by atoms with Crippen LogP contribution in [-0.4, -0.2) is 0 Å². The van der Waals surface area contributed by atoms with Crippen LogP contribution in [0.2, 0.25) is 0 Å². The lowest BCUT2D eigenvalue weighted by atomic mass is 9.87. The van der Waals surface area contributed by atoms with Crippen LogP contribution in [0.5, 0.6) is 5.75 Å². The molecule has 0 unspecified atom stereocenters. The second kappa shape index (κ2) is 6.27. The Hall–Kier alpha value is -1.87. The molecule has 0 fully saturated rings. The Morgan fingerprint density at radius 2 is 1.71 bits per heavy atom. The first kappa shape index (κ1) is 15.5. The molecule has 2 aromatic carbocycles. The lowest BCUT2D eigenvalue weighted by Crippen LogP contribution is -2.11. The number of hydrogen-bond donors (Lipinski definition) is 1. The Morgan fingerprint density at radius 1 is 1.05 bits per heavy atom. The number of ether oxygens (including phenoxy) is 1. The van der Waals surface area contributed by atoms with Gasteiger partial charge in [-0.3, -0.25) is 0 Å². The van der Waals surface area contributed by atoms with Gasteiger partial charge in [-0.25, -0.2) is 4.39 Å². The maximum atomic E-state index is 13.8. The normalized spacial score (nSPS) is 11.5. The van der Waals surface area contributed by atoms with E-state index in [1.54, 1.807) is 12.1 Å². The Balaban J connectivity index is 2.10. The van der Waals surface area contributed by atoms with Crippen LogP contribution < -0.4 is 10.5 Å². The van der Waals surface area contributed by atoms with Gasteiger partial charge >= 0.3 is 0 Å². The van der Waals surface area contributed by atoms with Crippen LogP contribution >= 0.6 is 0 Å². The largest absolute Gasteiger partial charge is 0.485 e. The van der Waals surface area contributed by atoms with E-state index in [-0.39, 0.29) is 23.5 Å². The third kappa shape index (κ3) is 3.82. The first-order chi connectivity index (χ1) is 9.91. The number of rotatable bonds is 4. The lowest BCUT2D eigenvalue weighted by Gasteiger charge is -2.19. The third-order valence-electron chi connectivity index (χ3n) is 3.47. The van der Waals surface area contributed by atoms with E-state index in [4.69, 9.17) is 10.5 Å². The average Bonchev–Trinajstić information content (AvgIpc) is 2.45. The predicted molar refractivity (Wildman–Crippen MR) is 83.8 cm³/mol. The van der Waals surface area contributed by atoms with Crippen molar-refractivity contribution >= 4 is 0 Å². The van der Waals surface area contributed by atoms with Gasteiger partial charge in [-0.15, -0.1) is 0 Å². The van der Waals surface area contributed by atoms with Crippen molar-refractivity contribution in [2.24, 2.45) is 5.73 Å². The zero-order valence-corrected chi connectivity index (χ0v) is 12.8. The summed E-state index contributed by atoms with van der Waals surface area (Å²) in [4.78, 5) is 0. The van der Waals surface area contributed by atoms with E-state index >= 15 is 0 Å². The van der Waals surface area contributed by atoms with Crippen molar-refractivity contribution in [2.75, 3.05) is 0 Å². The van der Waals surface area contributed by atoms with Crippen LogP contribution in [0.15, 0.2) is 42.5 Å². The fraction of sp³-hybridized carbons (Fsp3) is 0.333. The van der Waals surface area contributed by atoms with Gasteiger partial charge in [-0.1, -0.05) is 57.2 Å². The highest BCUT2D eigenvalue weighted by molar-refractivity contribution is 5.35. The van der Waals surface area contributed by atoms with Gasteiger partial charge in [0, 0.05) is 12.1 Å². The molecule has 2 aromatic rings. The topological polar surface area (TPSA) is 35.2 Å². The van der Waals surface area contributed by atoms with E-state index in [9.17, 15) is 4.39 Å². The molecule has 3 heteroatoms. The summed E-state index contributed by atoms with van der Waals surface area (Å²) in [5.74, 6) is -0.121. The zero-order valence-electron chi connectivity index (χ0n) is 12.8. The molecule has 0 radical (unpaired) electrons. The molecule has 0 aliphatic heterocycles. The molecule has 0 aliphatic rings. The SMILES string of the molecule is CC(C)(C)c1ccc(COc2c(F)cccc2CN)cc1. The minimum Gasteiger partial charge on any atom is -0.485 e. The van der Waals surface area contributed by atoms with Crippen LogP contribution in [0, 0.1) is 5.82 Å². The molecule has 21 heavy (non-hydrogen) atoms. The van der Waals surface area contributed by atoms with E-state index in [0.29, 0.717) is 12.2 Å². The van der Waals surface area contributed by atoms with E-state index in [1.807, 2.05) is 12.1 Å². The van der Waals surface area contributed by atoms with Crippen LogP contribution in [-0.2, 0) is 18.6 Å². The predicted octanol–water partition coefficient (Wildman–Crippen LogP) is 4.16. The molecule has 2 rings (SSSR count). The summed E-state index contributed by atoms with van der Waals surface area (Å²) in [6, 6.07) is 13.0. The summed E-state index contributed by atoms with van der Waals surface area (Å²) in [5.41, 5.74) is 8.69. The molecular formula is C18H22FNO. The maximum Gasteiger partial charge on any atom is 0.165 e. The van der Waals surface area contributed by atoms with Crippen LogP contribution in [0.3, 0.4) is 0 Å². The molecule has 2 N–H and O–H groups in total. The maximum absolute atomic E-state index is 13.8. The molecule has 0 aliphatic carbocycles. The molecule has 2 nitrogen and oxygen atoms in total. The molecular weight excluding hydrogens is 265 g/mol. The van der Waals surface area contributed by atoms with E-state index < -0.39 is 0 Å². The molecule has 0 aromatic heterocycles. The summed E-state index contributed by atoms with van der Waals surface area (Å²) in [7, 11) is 0. The number of nitrogens with two attached hydrogens (primary N) is 1. The summed E-state index contributed by atoms with van der Waals surface area (Å²) in [6.45, 7) is 7.11. The van der Waals surface area contributed by atoms with Crippen molar-refractivity contribution in [3.8, 4) is 5.75 Å². The van der Waals surface area contributed by atoms with E-state index in [0.717, 1.165) is 5.56 Å². The van der Waals surface area contributed by atoms with Crippen molar-refractivity contribution in [3.05, 3.63) is 65.0 Å². The Labute approximate surface area is 125 Å². The minimum atomic E-state index is -0.371. The highest BCUT2D eigenvalue weighted by Crippen LogP contribution is 2.25. The van der Waals surface area contributed by atoms with Gasteiger partial charge in [0.2, 0.25) is 0 Å². The van der Waals surface area contributed by atoms with E-state index in [1.165, 1.54) is 11.6 Å². The van der Waals surface area contributed by atoms with E-state index in [2.05, 4.69) is 32.9 Å². The van der Waals surface area contributed by atoms with Gasteiger partial charge in [-0.2, -0.15) is 0 Å². The second-order valence-corrected chi connectivity index (χ2v) is 6.17. The summed E-state index contributed by atoms with van der Waals surface area (Å²) in [5, 5.41) is 0. The average molecular weight is 287 g/mol. The Bertz CT molecular complexity index is 600. The van der Waals surface area contributed by atoms with Crippen molar-refractivity contribution < 1.29 is 9.13 Å². The summed E-state index contributed by atoms with van der Waals surface area (Å²) in [6.07, 6.45) is 0. The van der Waals surface area contributed by atoms with Gasteiger partial charge in [-0.05, 0) is 22.6 Å². The fourth-order valence-corrected chi connectivity index (χ4v) is 2.13. The molecule has 0 heterocycles. The van der Waals surface area contributed by atoms with Crippen LogP contribution in [0.1, 0.15) is 37.5 Å². The summed E-state index contributed by atoms with van der Waals surface area (Å²) >= 11 is 0. The molecule has 0 saturated carbocycles. The second-order valence-electron chi connectivity index (χ2n) is 6.17. The third-order valence-corrected chi connectivity index (χ3v) is 3.47. The van der Waals surface area contributed by atoms with Crippen molar-refractivity contribution in [1.29, 1.82) is 0 Å². The van der Waals surface area contributed by atoms with Gasteiger partial charge in [0.05, 0.1) is 0 Å². The standard InChI is InChI=1S/C18H22FNO/c1-18(2,3)15-9-7-13(8-10-15)12-21-17-14(11-20)5-4-6-16(17)19/h4-10H,11-12,20H2,1-3H3. The monoisotopic (exact) mass is 287 g/mol. The van der Waals surface area contributed by atoms with Gasteiger partial charge in [0.25, 0.3) is 0 Å². The van der Waals surface area contributed by atoms with Crippen LogP contribution in [0.25, 0.3) is 0 Å². The highest BCUT2D eigenvalue weighted by atomic mass is 19.1. The number of benzene rings is 2. The van der Waals surface area contributed by atoms with Gasteiger partial charge in [0.1, 0.15) is 6.61 Å². The first-order valence-corrected chi connectivity index (χ1v) is 7.11. The van der Waals surface area contributed by atoms with Gasteiger partial charge in [0.15, 0.2) is 11.6 Å². The van der Waals surface area contributed by atoms with Crippen molar-refractivity contribution in [3.63, 3.8) is 0 Å². The minimum absolute atomic E-state index is 0.123. The van der Waals surface area contributed by atoms with Crippen molar-refractivity contribution in [2.45, 2.75) is 39.3 Å². The lowest BCUT2D eigenvalue weighted by molar-refractivity contribution is 0.287. The molecule has 112 valence electrons. The molecule has 0 atom stereocenters. The fourth-order valence-electron chi connectivity index (χ4n) is 2.13. The number of hydrogen-bond acceptors (Lipinski definition) is 2. The summed E-state index contributed by atoms with van der Waals surface area (Å²) < 4.78 is 19.4. The zero-order chi connectivity index (χ0) is 15.5. The van der Waals surface area contributed by atoms with Gasteiger partial charge < -0.3 is 10.5 Å². The van der Waals surface area contributed by atoms with Crippen LogP contribution in [0.4, 0.5) is 4.39 Å². The molecule has 0 bridgehead atoms. The molecule has 0 saturated heterocycles. The molecule has 0 spiro atoms. The highest BCUT2D eigenvalue weighted by Gasteiger charge is 2.13. The van der Waals surface area contributed by atoms with Crippen molar-refractivity contribution in [1.82, 2.24) is 0 Å². The first-order valence-electron chi connectivity index (χ1n) is 7.11. The Kier molecular flexibility index (Phi) is 4.63. The number of halogens is 1. The molecule has 0 amide bonds.